The maximum absolute atomic E-state index is 11.8. The fraction of sp³-hybridized carbons (Fsp3) is 0.429. The van der Waals surface area contributed by atoms with E-state index in [9.17, 15) is 9.59 Å². The van der Waals surface area contributed by atoms with Crippen LogP contribution in [0.2, 0.25) is 5.02 Å². The van der Waals surface area contributed by atoms with Crippen LogP contribution < -0.4 is 4.74 Å². The third kappa shape index (κ3) is 6.97. The quantitative estimate of drug-likeness (QED) is 0.780. The van der Waals surface area contributed by atoms with Crippen molar-refractivity contribution < 1.29 is 19.4 Å². The highest BCUT2D eigenvalue weighted by Gasteiger charge is 2.13. The van der Waals surface area contributed by atoms with Crippen LogP contribution in [0.25, 0.3) is 0 Å². The van der Waals surface area contributed by atoms with Gasteiger partial charge in [0.2, 0.25) is 5.91 Å². The minimum absolute atomic E-state index is 0.0593. The van der Waals surface area contributed by atoms with E-state index in [0.717, 1.165) is 0 Å². The standard InChI is InChI=1S/C14H19ClN2O4/c1-16(10-14(19)20)9-13(18)17(2)7-8-21-12-5-3-11(15)4-6-12/h3-6H,7-10H2,1-2H3,(H,19,20). The van der Waals surface area contributed by atoms with Crippen LogP contribution in [0.4, 0.5) is 0 Å². The number of carbonyl (C=O) groups is 2. The maximum atomic E-state index is 11.8. The summed E-state index contributed by atoms with van der Waals surface area (Å²) in [7, 11) is 3.24. The zero-order valence-corrected chi connectivity index (χ0v) is 12.8. The highest BCUT2D eigenvalue weighted by Crippen LogP contribution is 2.15. The van der Waals surface area contributed by atoms with Gasteiger partial charge in [0.25, 0.3) is 0 Å². The highest BCUT2D eigenvalue weighted by molar-refractivity contribution is 6.30. The molecule has 0 aliphatic carbocycles. The molecule has 6 nitrogen and oxygen atoms in total. The van der Waals surface area contributed by atoms with E-state index in [1.807, 2.05) is 0 Å². The molecule has 0 aliphatic heterocycles. The molecule has 0 bridgehead atoms. The SMILES string of the molecule is CN(CC(=O)O)CC(=O)N(C)CCOc1ccc(Cl)cc1. The summed E-state index contributed by atoms with van der Waals surface area (Å²) in [5, 5.41) is 9.26. The Labute approximate surface area is 128 Å². The van der Waals surface area contributed by atoms with E-state index in [-0.39, 0.29) is 19.0 Å². The Kier molecular flexibility index (Phi) is 6.98. The lowest BCUT2D eigenvalue weighted by atomic mass is 10.3. The predicted molar refractivity (Wildman–Crippen MR) is 79.7 cm³/mol. The van der Waals surface area contributed by atoms with Crippen molar-refractivity contribution in [2.45, 2.75) is 0 Å². The van der Waals surface area contributed by atoms with Crippen LogP contribution in [-0.4, -0.2) is 67.1 Å². The van der Waals surface area contributed by atoms with Gasteiger partial charge in [0.05, 0.1) is 19.6 Å². The molecule has 7 heteroatoms. The second-order valence-electron chi connectivity index (χ2n) is 4.68. The second-order valence-corrected chi connectivity index (χ2v) is 5.12. The van der Waals surface area contributed by atoms with Gasteiger partial charge in [-0.05, 0) is 31.3 Å². The van der Waals surface area contributed by atoms with Crippen LogP contribution in [-0.2, 0) is 9.59 Å². The lowest BCUT2D eigenvalue weighted by molar-refractivity contribution is -0.139. The van der Waals surface area contributed by atoms with Crippen molar-refractivity contribution in [1.29, 1.82) is 0 Å². The van der Waals surface area contributed by atoms with Crippen molar-refractivity contribution in [2.75, 3.05) is 40.3 Å². The topological polar surface area (TPSA) is 70.1 Å². The Balaban J connectivity index is 2.29. The summed E-state index contributed by atoms with van der Waals surface area (Å²) in [4.78, 5) is 25.3. The fourth-order valence-corrected chi connectivity index (χ4v) is 1.72. The van der Waals surface area contributed by atoms with Crippen molar-refractivity contribution in [3.63, 3.8) is 0 Å². The molecule has 0 radical (unpaired) electrons. The van der Waals surface area contributed by atoms with Crippen LogP contribution >= 0.6 is 11.6 Å². The number of benzene rings is 1. The molecule has 0 atom stereocenters. The van der Waals surface area contributed by atoms with Gasteiger partial charge in [0.1, 0.15) is 12.4 Å². The molecule has 1 aromatic rings. The molecule has 0 heterocycles. The van der Waals surface area contributed by atoms with Gasteiger partial charge in [-0.25, -0.2) is 0 Å². The first-order chi connectivity index (χ1) is 9.88. The van der Waals surface area contributed by atoms with Gasteiger partial charge in [0, 0.05) is 12.1 Å². The van der Waals surface area contributed by atoms with Crippen molar-refractivity contribution in [1.82, 2.24) is 9.80 Å². The van der Waals surface area contributed by atoms with Crippen molar-refractivity contribution in [3.8, 4) is 5.75 Å². The fourth-order valence-electron chi connectivity index (χ4n) is 1.59. The van der Waals surface area contributed by atoms with Gasteiger partial charge in [0.15, 0.2) is 0 Å². The number of aliphatic carboxylic acids is 1. The minimum Gasteiger partial charge on any atom is -0.492 e. The highest BCUT2D eigenvalue weighted by atomic mass is 35.5. The second kappa shape index (κ2) is 8.49. The number of likely N-dealkylation sites (N-methyl/N-ethyl adjacent to an activating group) is 2. The van der Waals surface area contributed by atoms with Gasteiger partial charge >= 0.3 is 5.97 Å². The zero-order chi connectivity index (χ0) is 15.8. The van der Waals surface area contributed by atoms with E-state index in [1.165, 1.54) is 9.80 Å². The molecule has 0 aromatic heterocycles. The van der Waals surface area contributed by atoms with Crippen LogP contribution in [0.15, 0.2) is 24.3 Å². The van der Waals surface area contributed by atoms with E-state index in [1.54, 1.807) is 38.4 Å². The first kappa shape index (κ1) is 17.3. The monoisotopic (exact) mass is 314 g/mol. The molecule has 1 aromatic carbocycles. The molecular weight excluding hydrogens is 296 g/mol. The summed E-state index contributed by atoms with van der Waals surface area (Å²) < 4.78 is 5.49. The molecule has 116 valence electrons. The van der Waals surface area contributed by atoms with Gasteiger partial charge in [-0.2, -0.15) is 0 Å². The Morgan fingerprint density at radius 2 is 1.81 bits per heavy atom. The van der Waals surface area contributed by atoms with Crippen LogP contribution in [0, 0.1) is 0 Å². The summed E-state index contributed by atoms with van der Waals surface area (Å²) >= 11 is 5.77. The van der Waals surface area contributed by atoms with Gasteiger partial charge in [-0.3, -0.25) is 14.5 Å². The van der Waals surface area contributed by atoms with Crippen LogP contribution in [0.5, 0.6) is 5.75 Å². The van der Waals surface area contributed by atoms with Gasteiger partial charge < -0.3 is 14.7 Å². The number of carboxylic acid groups (broad SMARTS) is 1. The van der Waals surface area contributed by atoms with E-state index >= 15 is 0 Å². The Morgan fingerprint density at radius 3 is 2.38 bits per heavy atom. The Hall–Kier alpha value is -1.79. The molecular formula is C14H19ClN2O4. The Bertz CT molecular complexity index is 478. The number of hydrogen-bond acceptors (Lipinski definition) is 4. The van der Waals surface area contributed by atoms with Crippen LogP contribution in [0.3, 0.4) is 0 Å². The Morgan fingerprint density at radius 1 is 1.19 bits per heavy atom. The first-order valence-electron chi connectivity index (χ1n) is 6.41. The largest absolute Gasteiger partial charge is 0.492 e. The molecule has 1 N–H and O–H groups in total. The van der Waals surface area contributed by atoms with Gasteiger partial charge in [-0.15, -0.1) is 0 Å². The summed E-state index contributed by atoms with van der Waals surface area (Å²) in [5.41, 5.74) is 0. The van der Waals surface area contributed by atoms with Crippen LogP contribution in [0.1, 0.15) is 0 Å². The molecule has 21 heavy (non-hydrogen) atoms. The summed E-state index contributed by atoms with van der Waals surface area (Å²) in [6.07, 6.45) is 0. The van der Waals surface area contributed by atoms with E-state index < -0.39 is 5.97 Å². The summed E-state index contributed by atoms with van der Waals surface area (Å²) in [6.45, 7) is 0.666. The average molecular weight is 315 g/mol. The maximum Gasteiger partial charge on any atom is 0.317 e. The number of carboxylic acids is 1. The third-order valence-corrected chi connectivity index (χ3v) is 3.00. The van der Waals surface area contributed by atoms with Crippen molar-refractivity contribution in [3.05, 3.63) is 29.3 Å². The number of nitrogens with zero attached hydrogens (tertiary/aromatic N) is 2. The number of amides is 1. The lowest BCUT2D eigenvalue weighted by Gasteiger charge is -2.21. The molecule has 1 rings (SSSR count). The zero-order valence-electron chi connectivity index (χ0n) is 12.1. The van der Waals surface area contributed by atoms with E-state index in [0.29, 0.717) is 23.9 Å². The number of rotatable bonds is 8. The average Bonchev–Trinajstić information content (AvgIpc) is 2.39. The summed E-state index contributed by atoms with van der Waals surface area (Å²) in [6, 6.07) is 6.97. The molecule has 0 aliphatic rings. The molecule has 0 fully saturated rings. The van der Waals surface area contributed by atoms with Gasteiger partial charge in [-0.1, -0.05) is 11.6 Å². The molecule has 0 unspecified atom stereocenters. The number of ether oxygens (including phenoxy) is 1. The van der Waals surface area contributed by atoms with E-state index in [2.05, 4.69) is 0 Å². The van der Waals surface area contributed by atoms with E-state index in [4.69, 9.17) is 21.4 Å². The molecule has 0 saturated carbocycles. The third-order valence-electron chi connectivity index (χ3n) is 2.75. The number of halogens is 1. The number of carbonyl (C=O) groups excluding carboxylic acids is 1. The summed E-state index contributed by atoms with van der Waals surface area (Å²) in [5.74, 6) is -0.430. The molecule has 1 amide bonds. The minimum atomic E-state index is -0.959. The van der Waals surface area contributed by atoms with Crippen molar-refractivity contribution in [2.24, 2.45) is 0 Å². The van der Waals surface area contributed by atoms with Crippen molar-refractivity contribution >= 4 is 23.5 Å². The molecule has 0 spiro atoms. The lowest BCUT2D eigenvalue weighted by Crippen LogP contribution is -2.40. The normalized spacial score (nSPS) is 10.5. The predicted octanol–water partition coefficient (Wildman–Crippen LogP) is 1.19. The first-order valence-corrected chi connectivity index (χ1v) is 6.79. The molecule has 0 saturated heterocycles. The smallest absolute Gasteiger partial charge is 0.317 e. The number of hydrogen-bond donors (Lipinski definition) is 1.